The Hall–Kier alpha value is -2.40. The lowest BCUT2D eigenvalue weighted by molar-refractivity contribution is -0.384. The van der Waals surface area contributed by atoms with Crippen molar-refractivity contribution in [1.82, 2.24) is 10.6 Å². The second-order valence-corrected chi connectivity index (χ2v) is 7.62. The molecule has 0 aromatic heterocycles. The van der Waals surface area contributed by atoms with Gasteiger partial charge in [0.15, 0.2) is 5.96 Å². The lowest BCUT2D eigenvalue weighted by Gasteiger charge is -2.17. The number of benzene rings is 2. The van der Waals surface area contributed by atoms with Crippen LogP contribution in [-0.2, 0) is 17.8 Å². The summed E-state index contributed by atoms with van der Waals surface area (Å²) in [7, 11) is 0. The molecule has 32 heavy (non-hydrogen) atoms. The molecule has 174 valence electrons. The first-order valence-electron chi connectivity index (χ1n) is 10.6. The van der Waals surface area contributed by atoms with E-state index in [1.807, 2.05) is 6.92 Å². The highest BCUT2D eigenvalue weighted by atomic mass is 127. The van der Waals surface area contributed by atoms with Gasteiger partial charge in [0, 0.05) is 43.3 Å². The summed E-state index contributed by atoms with van der Waals surface area (Å²) in [6.07, 6.45) is 1.04. The summed E-state index contributed by atoms with van der Waals surface area (Å²) in [5.74, 6) is 2.00. The topological polar surface area (TPSA) is 98.0 Å². The van der Waals surface area contributed by atoms with Crippen LogP contribution in [-0.4, -0.2) is 37.2 Å². The summed E-state index contributed by atoms with van der Waals surface area (Å²) in [5.41, 5.74) is 3.19. The quantitative estimate of drug-likeness (QED) is 0.159. The fraction of sp³-hybridized carbons (Fsp3) is 0.435. The Balaban J connectivity index is 0.00000363. The fourth-order valence-electron chi connectivity index (χ4n) is 3.28. The van der Waals surface area contributed by atoms with Gasteiger partial charge in [0.2, 0.25) is 0 Å². The average molecular weight is 554 g/mol. The summed E-state index contributed by atoms with van der Waals surface area (Å²) >= 11 is 0. The Morgan fingerprint density at radius 3 is 2.69 bits per heavy atom. The van der Waals surface area contributed by atoms with Crippen LogP contribution in [0.25, 0.3) is 0 Å². The number of aryl methyl sites for hydroxylation is 1. The SMILES string of the molecule is CCNC(=NCc1ccc([N+](=O)[O-])cc1)NCc1ccc(C)cc1OCC1CCOC1.I. The predicted molar refractivity (Wildman–Crippen MR) is 136 cm³/mol. The first-order valence-corrected chi connectivity index (χ1v) is 10.6. The maximum atomic E-state index is 10.8. The molecule has 1 heterocycles. The van der Waals surface area contributed by atoms with Gasteiger partial charge in [-0.05, 0) is 37.5 Å². The number of nitrogens with zero attached hydrogens (tertiary/aromatic N) is 2. The molecular weight excluding hydrogens is 523 g/mol. The molecule has 0 bridgehead atoms. The Bertz CT molecular complexity index is 899. The zero-order chi connectivity index (χ0) is 22.1. The Morgan fingerprint density at radius 1 is 1.25 bits per heavy atom. The molecule has 0 radical (unpaired) electrons. The van der Waals surface area contributed by atoms with E-state index in [9.17, 15) is 10.1 Å². The van der Waals surface area contributed by atoms with Crippen LogP contribution in [0.1, 0.15) is 30.0 Å². The van der Waals surface area contributed by atoms with Crippen LogP contribution in [0.15, 0.2) is 47.5 Å². The molecule has 1 unspecified atom stereocenters. The van der Waals surface area contributed by atoms with Crippen molar-refractivity contribution >= 4 is 35.6 Å². The van der Waals surface area contributed by atoms with Crippen molar-refractivity contribution in [2.75, 3.05) is 26.4 Å². The van der Waals surface area contributed by atoms with E-state index in [1.54, 1.807) is 12.1 Å². The summed E-state index contributed by atoms with van der Waals surface area (Å²) in [6.45, 7) is 8.02. The highest BCUT2D eigenvalue weighted by molar-refractivity contribution is 14.0. The summed E-state index contributed by atoms with van der Waals surface area (Å²) in [6, 6.07) is 12.7. The van der Waals surface area contributed by atoms with E-state index >= 15 is 0 Å². The van der Waals surface area contributed by atoms with E-state index in [1.165, 1.54) is 12.1 Å². The van der Waals surface area contributed by atoms with E-state index in [0.29, 0.717) is 31.6 Å². The van der Waals surface area contributed by atoms with Crippen molar-refractivity contribution in [3.8, 4) is 5.75 Å². The number of aliphatic imine (C=N–C) groups is 1. The normalized spacial score (nSPS) is 15.7. The third-order valence-electron chi connectivity index (χ3n) is 5.08. The molecule has 3 rings (SSSR count). The van der Waals surface area contributed by atoms with Crippen molar-refractivity contribution in [3.63, 3.8) is 0 Å². The number of halogens is 1. The summed E-state index contributed by atoms with van der Waals surface area (Å²) in [4.78, 5) is 15.0. The van der Waals surface area contributed by atoms with Gasteiger partial charge in [0.1, 0.15) is 5.75 Å². The van der Waals surface area contributed by atoms with Gasteiger partial charge in [-0.15, -0.1) is 24.0 Å². The standard InChI is InChI=1S/C23H30N4O4.HI/c1-3-24-23(25-13-18-5-8-21(9-6-18)27(28)29)26-14-20-7-4-17(2)12-22(20)31-16-19-10-11-30-15-19;/h4-9,12,19H,3,10-11,13-16H2,1-2H3,(H2,24,25,26);1H. The van der Waals surface area contributed by atoms with Crippen LogP contribution in [0, 0.1) is 23.0 Å². The van der Waals surface area contributed by atoms with E-state index < -0.39 is 4.92 Å². The number of hydrogen-bond acceptors (Lipinski definition) is 5. The maximum absolute atomic E-state index is 10.8. The van der Waals surface area contributed by atoms with E-state index in [2.05, 4.69) is 40.7 Å². The molecule has 8 nitrogen and oxygen atoms in total. The van der Waals surface area contributed by atoms with Crippen LogP contribution in [0.3, 0.4) is 0 Å². The Morgan fingerprint density at radius 2 is 2.03 bits per heavy atom. The van der Waals surface area contributed by atoms with Crippen LogP contribution < -0.4 is 15.4 Å². The number of hydrogen-bond donors (Lipinski definition) is 2. The Kier molecular flexibility index (Phi) is 10.7. The first-order chi connectivity index (χ1) is 15.0. The van der Waals surface area contributed by atoms with Crippen molar-refractivity contribution in [1.29, 1.82) is 0 Å². The second-order valence-electron chi connectivity index (χ2n) is 7.62. The van der Waals surface area contributed by atoms with E-state index in [-0.39, 0.29) is 29.7 Å². The van der Waals surface area contributed by atoms with Crippen molar-refractivity contribution in [2.24, 2.45) is 10.9 Å². The van der Waals surface area contributed by atoms with Gasteiger partial charge >= 0.3 is 0 Å². The number of nitro groups is 1. The van der Waals surface area contributed by atoms with Gasteiger partial charge in [-0.3, -0.25) is 10.1 Å². The minimum atomic E-state index is -0.403. The molecular formula is C23H31IN4O4. The molecule has 1 atom stereocenters. The number of nitrogens with one attached hydrogen (secondary N) is 2. The highest BCUT2D eigenvalue weighted by Gasteiger charge is 2.17. The van der Waals surface area contributed by atoms with Crippen molar-refractivity contribution in [2.45, 2.75) is 33.4 Å². The molecule has 2 N–H and O–H groups in total. The van der Waals surface area contributed by atoms with Gasteiger partial charge < -0.3 is 20.1 Å². The minimum absolute atomic E-state index is 0. The zero-order valence-corrected chi connectivity index (χ0v) is 20.8. The van der Waals surface area contributed by atoms with E-state index in [0.717, 1.165) is 48.6 Å². The monoisotopic (exact) mass is 554 g/mol. The van der Waals surface area contributed by atoms with Gasteiger partial charge in [0.05, 0.1) is 24.7 Å². The number of guanidine groups is 1. The van der Waals surface area contributed by atoms with Crippen molar-refractivity contribution in [3.05, 3.63) is 69.3 Å². The second kappa shape index (κ2) is 13.2. The smallest absolute Gasteiger partial charge is 0.269 e. The minimum Gasteiger partial charge on any atom is -0.493 e. The van der Waals surface area contributed by atoms with E-state index in [4.69, 9.17) is 9.47 Å². The molecule has 1 aliphatic rings. The lowest BCUT2D eigenvalue weighted by atomic mass is 10.1. The Labute approximate surface area is 206 Å². The predicted octanol–water partition coefficient (Wildman–Crippen LogP) is 4.19. The molecule has 1 fully saturated rings. The number of non-ortho nitro benzene ring substituents is 1. The van der Waals surface area contributed by atoms with Crippen molar-refractivity contribution < 1.29 is 14.4 Å². The first kappa shape index (κ1) is 25.9. The summed E-state index contributed by atoms with van der Waals surface area (Å²) in [5, 5.41) is 17.4. The summed E-state index contributed by atoms with van der Waals surface area (Å²) < 4.78 is 11.6. The van der Waals surface area contributed by atoms with Gasteiger partial charge in [-0.25, -0.2) is 4.99 Å². The van der Waals surface area contributed by atoms with Gasteiger partial charge in [-0.1, -0.05) is 24.3 Å². The molecule has 0 amide bonds. The zero-order valence-electron chi connectivity index (χ0n) is 18.5. The molecule has 0 aliphatic carbocycles. The highest BCUT2D eigenvalue weighted by Crippen LogP contribution is 2.22. The van der Waals surface area contributed by atoms with Crippen LogP contribution in [0.5, 0.6) is 5.75 Å². The maximum Gasteiger partial charge on any atom is 0.269 e. The molecule has 2 aromatic rings. The third-order valence-corrected chi connectivity index (χ3v) is 5.08. The number of nitro benzene ring substituents is 1. The van der Waals surface area contributed by atoms with Crippen LogP contribution in [0.4, 0.5) is 5.69 Å². The van der Waals surface area contributed by atoms with Crippen LogP contribution in [0.2, 0.25) is 0 Å². The van der Waals surface area contributed by atoms with Gasteiger partial charge in [0.25, 0.3) is 5.69 Å². The molecule has 0 spiro atoms. The van der Waals surface area contributed by atoms with Gasteiger partial charge in [-0.2, -0.15) is 0 Å². The number of ether oxygens (including phenoxy) is 2. The third kappa shape index (κ3) is 7.94. The molecule has 9 heteroatoms. The molecule has 1 aliphatic heterocycles. The van der Waals surface area contributed by atoms with Crippen LogP contribution >= 0.6 is 24.0 Å². The number of rotatable bonds is 9. The molecule has 2 aromatic carbocycles. The largest absolute Gasteiger partial charge is 0.493 e. The fourth-order valence-corrected chi connectivity index (χ4v) is 3.28. The average Bonchev–Trinajstić information content (AvgIpc) is 3.29. The molecule has 1 saturated heterocycles. The lowest BCUT2D eigenvalue weighted by Crippen LogP contribution is -2.36. The molecule has 0 saturated carbocycles.